The smallest absolute Gasteiger partial charge is 0.336 e. The number of ether oxygens (including phenoxy) is 1. The van der Waals surface area contributed by atoms with Gasteiger partial charge in [-0.1, -0.05) is 16.7 Å². The first-order valence-corrected chi connectivity index (χ1v) is 10.2. The first kappa shape index (κ1) is 18.7. The van der Waals surface area contributed by atoms with E-state index in [1.54, 1.807) is 29.2 Å². The zero-order valence-corrected chi connectivity index (χ0v) is 15.5. The lowest BCUT2D eigenvalue weighted by atomic mass is 10.1. The third-order valence-corrected chi connectivity index (χ3v) is 5.49. The second kappa shape index (κ2) is 8.05. The summed E-state index contributed by atoms with van der Waals surface area (Å²) in [7, 11) is -3.98. The number of likely N-dealkylation sites (tertiary alicyclic amines) is 1. The molecule has 10 heteroatoms. The summed E-state index contributed by atoms with van der Waals surface area (Å²) in [6.45, 7) is 1.07. The number of hydrogen-bond donors (Lipinski definition) is 0. The van der Waals surface area contributed by atoms with Crippen LogP contribution >= 0.6 is 11.6 Å². The van der Waals surface area contributed by atoms with Gasteiger partial charge >= 0.3 is 5.22 Å². The second-order valence-electron chi connectivity index (χ2n) is 5.90. The Morgan fingerprint density at radius 2 is 1.85 bits per heavy atom. The molecular weight excluding hydrogens is 382 g/mol. The summed E-state index contributed by atoms with van der Waals surface area (Å²) in [4.78, 5) is 13.7. The second-order valence-corrected chi connectivity index (χ2v) is 8.21. The van der Waals surface area contributed by atoms with Crippen molar-refractivity contribution < 1.29 is 22.4 Å². The highest BCUT2D eigenvalue weighted by atomic mass is 35.5. The predicted octanol–water partition coefficient (Wildman–Crippen LogP) is 2.09. The molecule has 1 aromatic carbocycles. The van der Waals surface area contributed by atoms with E-state index in [1.165, 1.54) is 0 Å². The van der Waals surface area contributed by atoms with Gasteiger partial charge in [-0.05, 0) is 43.5 Å². The molecule has 0 spiro atoms. The molecule has 0 N–H and O–H groups in total. The van der Waals surface area contributed by atoms with Crippen molar-refractivity contribution in [3.05, 3.63) is 35.2 Å². The summed E-state index contributed by atoms with van der Waals surface area (Å²) < 4.78 is 35.2. The van der Waals surface area contributed by atoms with E-state index in [1.807, 2.05) is 0 Å². The van der Waals surface area contributed by atoms with E-state index in [4.69, 9.17) is 20.8 Å². The summed E-state index contributed by atoms with van der Waals surface area (Å²) >= 11 is 5.79. The molecule has 2 heterocycles. The summed E-state index contributed by atoms with van der Waals surface area (Å²) in [5.74, 6) is -0.588. The van der Waals surface area contributed by atoms with Crippen LogP contribution in [0.5, 0.6) is 5.75 Å². The lowest BCUT2D eigenvalue weighted by molar-refractivity contribution is -0.129. The van der Waals surface area contributed by atoms with Crippen LogP contribution in [-0.4, -0.2) is 48.3 Å². The van der Waals surface area contributed by atoms with Gasteiger partial charge < -0.3 is 14.1 Å². The number of carbonyl (C=O) groups excluding carboxylic acids is 1. The van der Waals surface area contributed by atoms with Crippen LogP contribution in [0.1, 0.15) is 25.2 Å². The minimum atomic E-state index is -3.98. The number of aromatic nitrogens is 2. The standard InChI is InChI=1S/C16H18ClN3O5S/c17-12-4-6-13(7-5-12)24-10-14-18-19-16(25-14)26(22,23)11-15(21)20-8-2-1-3-9-20/h4-7H,1-3,8-11H2. The van der Waals surface area contributed by atoms with Crippen molar-refractivity contribution in [2.45, 2.75) is 31.1 Å². The van der Waals surface area contributed by atoms with Gasteiger partial charge in [-0.3, -0.25) is 4.79 Å². The Morgan fingerprint density at radius 3 is 2.54 bits per heavy atom. The number of rotatable bonds is 6. The Hall–Kier alpha value is -2.13. The lowest BCUT2D eigenvalue weighted by Gasteiger charge is -2.26. The van der Waals surface area contributed by atoms with Gasteiger partial charge in [-0.25, -0.2) is 8.42 Å². The van der Waals surface area contributed by atoms with Crippen LogP contribution in [0, 0.1) is 0 Å². The first-order valence-electron chi connectivity index (χ1n) is 8.15. The van der Waals surface area contributed by atoms with Crippen molar-refractivity contribution >= 4 is 27.3 Å². The fraction of sp³-hybridized carbons (Fsp3) is 0.438. The first-order chi connectivity index (χ1) is 12.4. The van der Waals surface area contributed by atoms with Crippen molar-refractivity contribution in [3.63, 3.8) is 0 Å². The minimum absolute atomic E-state index is 0.00365. The molecule has 1 amide bonds. The van der Waals surface area contributed by atoms with E-state index in [0.29, 0.717) is 23.9 Å². The average molecular weight is 400 g/mol. The van der Waals surface area contributed by atoms with Crippen LogP contribution in [0.25, 0.3) is 0 Å². The summed E-state index contributed by atoms with van der Waals surface area (Å²) in [6, 6.07) is 6.64. The minimum Gasteiger partial charge on any atom is -0.484 e. The van der Waals surface area contributed by atoms with Crippen LogP contribution in [0.3, 0.4) is 0 Å². The van der Waals surface area contributed by atoms with Gasteiger partial charge in [0, 0.05) is 18.1 Å². The van der Waals surface area contributed by atoms with Crippen LogP contribution in [0.15, 0.2) is 33.9 Å². The van der Waals surface area contributed by atoms with Gasteiger partial charge in [0.25, 0.3) is 5.89 Å². The highest BCUT2D eigenvalue weighted by Crippen LogP contribution is 2.18. The van der Waals surface area contributed by atoms with Gasteiger partial charge in [-0.15, -0.1) is 5.10 Å². The molecule has 3 rings (SSSR count). The normalized spacial score (nSPS) is 15.0. The number of sulfone groups is 1. The SMILES string of the molecule is O=C(CS(=O)(=O)c1nnc(COc2ccc(Cl)cc2)o1)N1CCCCC1. The summed E-state index contributed by atoms with van der Waals surface area (Å²) in [5.41, 5.74) is 0. The topological polar surface area (TPSA) is 103 Å². The van der Waals surface area contributed by atoms with E-state index in [2.05, 4.69) is 10.2 Å². The maximum Gasteiger partial charge on any atom is 0.336 e. The van der Waals surface area contributed by atoms with E-state index in [0.717, 1.165) is 19.3 Å². The van der Waals surface area contributed by atoms with Crippen LogP contribution < -0.4 is 4.74 Å². The maximum absolute atomic E-state index is 12.3. The highest BCUT2D eigenvalue weighted by Gasteiger charge is 2.29. The van der Waals surface area contributed by atoms with Gasteiger partial charge in [0.1, 0.15) is 11.5 Å². The van der Waals surface area contributed by atoms with Crippen LogP contribution in [0.2, 0.25) is 5.02 Å². The van der Waals surface area contributed by atoms with Crippen molar-refractivity contribution in [3.8, 4) is 5.75 Å². The third-order valence-electron chi connectivity index (χ3n) is 3.91. The largest absolute Gasteiger partial charge is 0.484 e. The molecule has 0 unspecified atom stereocenters. The van der Waals surface area contributed by atoms with Crippen molar-refractivity contribution in [2.75, 3.05) is 18.8 Å². The molecule has 0 aliphatic carbocycles. The molecule has 1 fully saturated rings. The summed E-state index contributed by atoms with van der Waals surface area (Å²) in [6.07, 6.45) is 2.83. The number of hydrogen-bond acceptors (Lipinski definition) is 7. The number of halogens is 1. The molecule has 0 radical (unpaired) electrons. The average Bonchev–Trinajstić information content (AvgIpc) is 3.12. The van der Waals surface area contributed by atoms with Gasteiger partial charge in [0.05, 0.1) is 0 Å². The van der Waals surface area contributed by atoms with E-state index < -0.39 is 26.7 Å². The Morgan fingerprint density at radius 1 is 1.15 bits per heavy atom. The molecular formula is C16H18ClN3O5S. The molecule has 8 nitrogen and oxygen atoms in total. The number of nitrogens with zero attached hydrogens (tertiary/aromatic N) is 3. The molecule has 1 aromatic heterocycles. The molecule has 2 aromatic rings. The molecule has 26 heavy (non-hydrogen) atoms. The van der Waals surface area contributed by atoms with Gasteiger partial charge in [0.15, 0.2) is 6.61 Å². The highest BCUT2D eigenvalue weighted by molar-refractivity contribution is 7.91. The number of amides is 1. The lowest BCUT2D eigenvalue weighted by Crippen LogP contribution is -2.39. The number of piperidine rings is 1. The molecule has 0 atom stereocenters. The molecule has 0 saturated carbocycles. The fourth-order valence-electron chi connectivity index (χ4n) is 2.56. The van der Waals surface area contributed by atoms with E-state index in [-0.39, 0.29) is 12.5 Å². The van der Waals surface area contributed by atoms with Gasteiger partial charge in [-0.2, -0.15) is 0 Å². The third kappa shape index (κ3) is 4.73. The van der Waals surface area contributed by atoms with Crippen molar-refractivity contribution in [2.24, 2.45) is 0 Å². The molecule has 0 bridgehead atoms. The Labute approximate surface area is 156 Å². The Bertz CT molecular complexity index is 860. The Balaban J connectivity index is 1.60. The quantitative estimate of drug-likeness (QED) is 0.732. The molecule has 1 saturated heterocycles. The molecule has 1 aliphatic rings. The van der Waals surface area contributed by atoms with Crippen LogP contribution in [-0.2, 0) is 21.2 Å². The zero-order valence-electron chi connectivity index (χ0n) is 13.9. The number of carbonyl (C=O) groups is 1. The monoisotopic (exact) mass is 399 g/mol. The van der Waals surface area contributed by atoms with Crippen LogP contribution in [0.4, 0.5) is 0 Å². The molecule has 1 aliphatic heterocycles. The summed E-state index contributed by atoms with van der Waals surface area (Å²) in [5, 5.41) is 7.20. The maximum atomic E-state index is 12.3. The Kier molecular flexibility index (Phi) is 5.77. The fourth-order valence-corrected chi connectivity index (χ4v) is 3.70. The van der Waals surface area contributed by atoms with E-state index >= 15 is 0 Å². The zero-order chi connectivity index (χ0) is 18.6. The van der Waals surface area contributed by atoms with Gasteiger partial charge in [0.2, 0.25) is 15.7 Å². The molecule has 140 valence electrons. The predicted molar refractivity (Wildman–Crippen MR) is 92.6 cm³/mol. The number of benzene rings is 1. The van der Waals surface area contributed by atoms with E-state index in [9.17, 15) is 13.2 Å². The van der Waals surface area contributed by atoms with Crippen molar-refractivity contribution in [1.82, 2.24) is 15.1 Å². The van der Waals surface area contributed by atoms with Crippen molar-refractivity contribution in [1.29, 1.82) is 0 Å².